The smallest absolute Gasteiger partial charge is 0.272 e. The van der Waals surface area contributed by atoms with Crippen molar-refractivity contribution in [2.75, 3.05) is 27.2 Å². The van der Waals surface area contributed by atoms with Crippen molar-refractivity contribution < 1.29 is 9.59 Å². The van der Waals surface area contributed by atoms with Gasteiger partial charge in [-0.05, 0) is 44.2 Å². The molecule has 170 valence electrons. The minimum atomic E-state index is -0.375. The van der Waals surface area contributed by atoms with Crippen LogP contribution in [-0.4, -0.2) is 58.8 Å². The first-order valence-corrected chi connectivity index (χ1v) is 11.7. The number of likely N-dealkylation sites (tertiary alicyclic amines) is 1. The minimum absolute atomic E-state index is 0.112. The topological polar surface area (TPSA) is 66.4 Å². The molecule has 0 radical (unpaired) electrons. The molecule has 6 heteroatoms. The molecule has 1 saturated carbocycles. The summed E-state index contributed by atoms with van der Waals surface area (Å²) in [6, 6.07) is 12.1. The number of hydrogen-bond donors (Lipinski definition) is 0. The number of benzene rings is 1. The highest BCUT2D eigenvalue weighted by atomic mass is 16.2. The van der Waals surface area contributed by atoms with Gasteiger partial charge in [0.25, 0.3) is 5.91 Å². The Morgan fingerprint density at radius 2 is 1.59 bits per heavy atom. The third-order valence-corrected chi connectivity index (χ3v) is 7.37. The second-order valence-corrected chi connectivity index (χ2v) is 9.93. The van der Waals surface area contributed by atoms with Crippen LogP contribution in [0.2, 0.25) is 0 Å². The monoisotopic (exact) mass is 434 g/mol. The molecule has 2 heterocycles. The maximum atomic E-state index is 13.8. The summed E-state index contributed by atoms with van der Waals surface area (Å²) in [4.78, 5) is 39.2. The fraction of sp³-hybridized carbons (Fsp3) is 0.538. The number of piperidine rings is 1. The maximum Gasteiger partial charge on any atom is 0.272 e. The third kappa shape index (κ3) is 4.03. The Morgan fingerprint density at radius 3 is 2.19 bits per heavy atom. The Hall–Kier alpha value is -2.76. The molecule has 32 heavy (non-hydrogen) atoms. The van der Waals surface area contributed by atoms with E-state index in [-0.39, 0.29) is 22.6 Å². The Morgan fingerprint density at radius 1 is 0.969 bits per heavy atom. The number of rotatable bonds is 4. The third-order valence-electron chi connectivity index (χ3n) is 7.37. The van der Waals surface area contributed by atoms with Crippen LogP contribution in [0.15, 0.2) is 36.4 Å². The maximum absolute atomic E-state index is 13.8. The Balaban J connectivity index is 1.54. The van der Waals surface area contributed by atoms with E-state index in [4.69, 9.17) is 4.98 Å². The lowest BCUT2D eigenvalue weighted by atomic mass is 9.75. The van der Waals surface area contributed by atoms with E-state index in [9.17, 15) is 9.59 Å². The summed E-state index contributed by atoms with van der Waals surface area (Å²) in [5.41, 5.74) is 1.77. The first-order valence-electron chi connectivity index (χ1n) is 11.7. The van der Waals surface area contributed by atoms with Gasteiger partial charge >= 0.3 is 0 Å². The van der Waals surface area contributed by atoms with Gasteiger partial charge in [-0.1, -0.05) is 50.1 Å². The lowest BCUT2D eigenvalue weighted by molar-refractivity contribution is -0.139. The molecule has 6 nitrogen and oxygen atoms in total. The van der Waals surface area contributed by atoms with Crippen LogP contribution in [0.5, 0.6) is 0 Å². The molecule has 1 aliphatic carbocycles. The first-order chi connectivity index (χ1) is 15.2. The average Bonchev–Trinajstić information content (AvgIpc) is 3.30. The van der Waals surface area contributed by atoms with Crippen LogP contribution in [0.4, 0.5) is 0 Å². The van der Waals surface area contributed by atoms with Crippen molar-refractivity contribution in [1.82, 2.24) is 19.8 Å². The van der Waals surface area contributed by atoms with Crippen molar-refractivity contribution in [1.29, 1.82) is 0 Å². The summed E-state index contributed by atoms with van der Waals surface area (Å²) < 4.78 is 0. The summed E-state index contributed by atoms with van der Waals surface area (Å²) in [5, 5.41) is 0. The molecule has 0 unspecified atom stereocenters. The Labute approximate surface area is 191 Å². The van der Waals surface area contributed by atoms with E-state index >= 15 is 0 Å². The molecular weight excluding hydrogens is 400 g/mol. The molecule has 4 rings (SSSR count). The molecule has 2 aromatic rings. The quantitative estimate of drug-likeness (QED) is 0.733. The SMILES string of the molecule is Cc1cc(C(=O)N(C)C)nc(C2(C)CCN(C(=O)C3(c4ccccc4)CCCC3)CC2)n1. The van der Waals surface area contributed by atoms with E-state index in [1.54, 1.807) is 25.1 Å². The number of hydrogen-bond acceptors (Lipinski definition) is 4. The summed E-state index contributed by atoms with van der Waals surface area (Å²) in [5.74, 6) is 0.879. The molecular formula is C26H34N4O2. The normalized spacial score (nSPS) is 19.6. The Kier molecular flexibility index (Phi) is 6.06. The molecule has 2 aliphatic rings. The van der Waals surface area contributed by atoms with Gasteiger partial charge in [-0.25, -0.2) is 9.97 Å². The molecule has 0 bridgehead atoms. The van der Waals surface area contributed by atoms with E-state index in [0.29, 0.717) is 24.6 Å². The van der Waals surface area contributed by atoms with Gasteiger partial charge in [-0.15, -0.1) is 0 Å². The van der Waals surface area contributed by atoms with Gasteiger partial charge in [-0.2, -0.15) is 0 Å². The van der Waals surface area contributed by atoms with Crippen molar-refractivity contribution in [2.24, 2.45) is 0 Å². The summed E-state index contributed by atoms with van der Waals surface area (Å²) >= 11 is 0. The highest BCUT2D eigenvalue weighted by molar-refractivity contribution is 5.92. The summed E-state index contributed by atoms with van der Waals surface area (Å²) in [6.45, 7) is 5.45. The summed E-state index contributed by atoms with van der Waals surface area (Å²) in [7, 11) is 3.47. The van der Waals surface area contributed by atoms with Gasteiger partial charge in [0.15, 0.2) is 0 Å². The predicted molar refractivity (Wildman–Crippen MR) is 125 cm³/mol. The van der Waals surface area contributed by atoms with E-state index in [1.165, 1.54) is 0 Å². The zero-order valence-electron chi connectivity index (χ0n) is 19.7. The van der Waals surface area contributed by atoms with Crippen molar-refractivity contribution in [2.45, 2.75) is 63.2 Å². The molecule has 1 saturated heterocycles. The zero-order valence-corrected chi connectivity index (χ0v) is 19.7. The predicted octanol–water partition coefficient (Wildman–Crippen LogP) is 3.88. The van der Waals surface area contributed by atoms with E-state index in [1.807, 2.05) is 25.1 Å². The highest BCUT2D eigenvalue weighted by Crippen LogP contribution is 2.44. The van der Waals surface area contributed by atoms with Gasteiger partial charge < -0.3 is 9.80 Å². The fourth-order valence-electron chi connectivity index (χ4n) is 5.27. The lowest BCUT2D eigenvalue weighted by Crippen LogP contribution is -2.51. The number of aromatic nitrogens is 2. The Bertz CT molecular complexity index is 988. The summed E-state index contributed by atoms with van der Waals surface area (Å²) in [6.07, 6.45) is 5.66. The molecule has 1 aromatic carbocycles. The van der Waals surface area contributed by atoms with Gasteiger partial charge in [0.1, 0.15) is 11.5 Å². The standard InChI is InChI=1S/C26H34N4O2/c1-19-18-21(22(31)29(3)4)28-23(27-19)25(2)14-16-30(17-15-25)24(32)26(12-8-9-13-26)20-10-6-5-7-11-20/h5-7,10-11,18H,8-9,12-17H2,1-4H3. The number of nitrogens with zero attached hydrogens (tertiary/aromatic N) is 4. The fourth-order valence-corrected chi connectivity index (χ4v) is 5.27. The van der Waals surface area contributed by atoms with Gasteiger partial charge in [0.05, 0.1) is 5.41 Å². The van der Waals surface area contributed by atoms with Crippen molar-refractivity contribution in [3.8, 4) is 0 Å². The van der Waals surface area contributed by atoms with Crippen LogP contribution < -0.4 is 0 Å². The second-order valence-electron chi connectivity index (χ2n) is 9.93. The average molecular weight is 435 g/mol. The number of aryl methyl sites for hydroxylation is 1. The second kappa shape index (κ2) is 8.64. The highest BCUT2D eigenvalue weighted by Gasteiger charge is 2.46. The van der Waals surface area contributed by atoms with Crippen LogP contribution in [0, 0.1) is 6.92 Å². The van der Waals surface area contributed by atoms with Crippen LogP contribution in [-0.2, 0) is 15.6 Å². The van der Waals surface area contributed by atoms with Crippen LogP contribution in [0.25, 0.3) is 0 Å². The van der Waals surface area contributed by atoms with E-state index in [2.05, 4.69) is 28.9 Å². The van der Waals surface area contributed by atoms with Crippen LogP contribution >= 0.6 is 0 Å². The molecule has 1 aromatic heterocycles. The lowest BCUT2D eigenvalue weighted by Gasteiger charge is -2.42. The van der Waals surface area contributed by atoms with Crippen molar-refractivity contribution in [3.05, 3.63) is 59.2 Å². The minimum Gasteiger partial charge on any atom is -0.343 e. The van der Waals surface area contributed by atoms with Crippen molar-refractivity contribution in [3.63, 3.8) is 0 Å². The number of carbonyl (C=O) groups is 2. The number of carbonyl (C=O) groups excluding carboxylic acids is 2. The number of amides is 2. The van der Waals surface area contributed by atoms with Gasteiger partial charge in [-0.3, -0.25) is 9.59 Å². The van der Waals surface area contributed by atoms with E-state index in [0.717, 1.165) is 49.8 Å². The molecule has 2 amide bonds. The van der Waals surface area contributed by atoms with Crippen LogP contribution in [0.1, 0.15) is 73.0 Å². The van der Waals surface area contributed by atoms with Gasteiger partial charge in [0.2, 0.25) is 5.91 Å². The molecule has 1 aliphatic heterocycles. The largest absolute Gasteiger partial charge is 0.343 e. The van der Waals surface area contributed by atoms with E-state index < -0.39 is 0 Å². The molecule has 0 N–H and O–H groups in total. The van der Waals surface area contributed by atoms with Crippen molar-refractivity contribution >= 4 is 11.8 Å². The zero-order chi connectivity index (χ0) is 22.9. The first kappa shape index (κ1) is 22.4. The van der Waals surface area contributed by atoms with Crippen LogP contribution in [0.3, 0.4) is 0 Å². The van der Waals surface area contributed by atoms with Gasteiger partial charge in [0, 0.05) is 38.3 Å². The molecule has 0 atom stereocenters. The molecule has 2 fully saturated rings. The molecule has 0 spiro atoms.